The molecule has 2 aliphatic rings. The Kier molecular flexibility index (Phi) is 12.2. The predicted octanol–water partition coefficient (Wildman–Crippen LogP) is 3.65. The molecule has 0 unspecified atom stereocenters. The zero-order valence-corrected chi connectivity index (χ0v) is 25.3. The molecule has 8 nitrogen and oxygen atoms in total. The number of hydrogen-bond donors (Lipinski definition) is 3. The summed E-state index contributed by atoms with van der Waals surface area (Å²) in [6, 6.07) is 17.5. The van der Waals surface area contributed by atoms with Gasteiger partial charge in [0.2, 0.25) is 17.7 Å². The fourth-order valence-corrected chi connectivity index (χ4v) is 6.22. The average molecular weight is 584 g/mol. The Labute approximate surface area is 250 Å². The molecule has 2 aromatic rings. The van der Waals surface area contributed by atoms with E-state index in [1.54, 1.807) is 4.90 Å². The second-order valence-electron chi connectivity index (χ2n) is 11.1. The third kappa shape index (κ3) is 7.67. The van der Waals surface area contributed by atoms with Crippen LogP contribution in [-0.2, 0) is 14.4 Å². The molecule has 0 aromatic heterocycles. The van der Waals surface area contributed by atoms with Gasteiger partial charge in [-0.1, -0.05) is 81.4 Å². The normalized spacial score (nSPS) is 23.0. The first-order chi connectivity index (χ1) is 19.4. The molecule has 2 aromatic carbocycles. The van der Waals surface area contributed by atoms with Crippen molar-refractivity contribution < 1.29 is 14.4 Å². The fourth-order valence-electron chi connectivity index (χ4n) is 6.22. The van der Waals surface area contributed by atoms with Gasteiger partial charge in [-0.05, 0) is 56.3 Å². The standard InChI is InChI=1S/C32H45N5O3.ClH/c1-4-26(33)30(38)35-29-24(21-36(5-2)6-3)17-18-25-19-20-27(37(25)32(29)40)31(39)34-28(22-13-9-7-10-14-22)23-15-11-8-12-16-23;/h7-16,24-29H,4-6,17-21,33H2,1-3H3,(H,34,39)(H,35,38);1H/t24-,25+,26+,27+,29+;/m1./s1. The number of nitrogens with two attached hydrogens (primary N) is 1. The molecule has 0 spiro atoms. The number of carbonyl (C=O) groups is 3. The minimum atomic E-state index is -0.705. The summed E-state index contributed by atoms with van der Waals surface area (Å²) in [7, 11) is 0. The first-order valence-electron chi connectivity index (χ1n) is 14.9. The van der Waals surface area contributed by atoms with Crippen molar-refractivity contribution in [3.05, 3.63) is 71.8 Å². The molecule has 0 aliphatic carbocycles. The number of rotatable bonds is 11. The highest BCUT2D eigenvalue weighted by Gasteiger charge is 2.48. The largest absolute Gasteiger partial charge is 0.343 e. The summed E-state index contributed by atoms with van der Waals surface area (Å²) in [5.74, 6) is -0.676. The van der Waals surface area contributed by atoms with Crippen molar-refractivity contribution in [2.75, 3.05) is 19.6 Å². The van der Waals surface area contributed by atoms with Crippen molar-refractivity contribution in [1.82, 2.24) is 20.4 Å². The van der Waals surface area contributed by atoms with E-state index in [0.717, 1.165) is 43.5 Å². The van der Waals surface area contributed by atoms with Gasteiger partial charge in [0.15, 0.2) is 0 Å². The van der Waals surface area contributed by atoms with E-state index in [9.17, 15) is 14.4 Å². The molecule has 9 heteroatoms. The summed E-state index contributed by atoms with van der Waals surface area (Å²) < 4.78 is 0. The van der Waals surface area contributed by atoms with Crippen LogP contribution in [0.3, 0.4) is 0 Å². The van der Waals surface area contributed by atoms with Gasteiger partial charge in [0, 0.05) is 18.5 Å². The minimum absolute atomic E-state index is 0. The lowest BCUT2D eigenvalue weighted by Crippen LogP contribution is -2.59. The topological polar surface area (TPSA) is 108 Å². The molecule has 0 saturated carbocycles. The second kappa shape index (κ2) is 15.3. The van der Waals surface area contributed by atoms with Crippen molar-refractivity contribution in [2.45, 2.75) is 83.1 Å². The van der Waals surface area contributed by atoms with E-state index < -0.39 is 18.1 Å². The average Bonchev–Trinajstić information content (AvgIpc) is 3.38. The number of fused-ring (bicyclic) bond motifs is 1. The summed E-state index contributed by atoms with van der Waals surface area (Å²) in [6.45, 7) is 8.53. The van der Waals surface area contributed by atoms with Gasteiger partial charge in [0.25, 0.3) is 0 Å². The zero-order chi connectivity index (χ0) is 28.6. The summed E-state index contributed by atoms with van der Waals surface area (Å²) in [5.41, 5.74) is 8.02. The monoisotopic (exact) mass is 583 g/mol. The molecule has 4 N–H and O–H groups in total. The molecule has 2 fully saturated rings. The molecule has 2 aliphatic heterocycles. The van der Waals surface area contributed by atoms with Crippen molar-refractivity contribution in [3.8, 4) is 0 Å². The zero-order valence-electron chi connectivity index (χ0n) is 24.5. The van der Waals surface area contributed by atoms with Crippen LogP contribution in [0.4, 0.5) is 0 Å². The number of halogens is 1. The van der Waals surface area contributed by atoms with E-state index in [2.05, 4.69) is 29.4 Å². The van der Waals surface area contributed by atoms with Crippen LogP contribution in [-0.4, -0.2) is 71.3 Å². The Bertz CT molecular complexity index is 1090. The summed E-state index contributed by atoms with van der Waals surface area (Å²) in [6.07, 6.45) is 3.49. The van der Waals surface area contributed by atoms with Gasteiger partial charge in [-0.25, -0.2) is 0 Å². The highest BCUT2D eigenvalue weighted by atomic mass is 35.5. The molecule has 4 rings (SSSR count). The number of amides is 3. The Hall–Kier alpha value is -2.94. The maximum atomic E-state index is 14.3. The Balaban J connectivity index is 0.00000462. The molecule has 5 atom stereocenters. The molecule has 41 heavy (non-hydrogen) atoms. The number of carbonyl (C=O) groups excluding carboxylic acids is 3. The highest BCUT2D eigenvalue weighted by molar-refractivity contribution is 5.94. The van der Waals surface area contributed by atoms with Crippen LogP contribution < -0.4 is 16.4 Å². The van der Waals surface area contributed by atoms with Crippen LogP contribution in [0.2, 0.25) is 0 Å². The summed E-state index contributed by atoms with van der Waals surface area (Å²) in [5, 5.41) is 6.28. The Morgan fingerprint density at radius 2 is 1.49 bits per heavy atom. The first-order valence-corrected chi connectivity index (χ1v) is 14.9. The van der Waals surface area contributed by atoms with Gasteiger partial charge in [-0.3, -0.25) is 14.4 Å². The third-order valence-electron chi connectivity index (χ3n) is 8.68. The molecular formula is C32H46ClN5O3. The van der Waals surface area contributed by atoms with E-state index in [1.165, 1.54) is 0 Å². The summed E-state index contributed by atoms with van der Waals surface area (Å²) >= 11 is 0. The second-order valence-corrected chi connectivity index (χ2v) is 11.1. The predicted molar refractivity (Wildman–Crippen MR) is 164 cm³/mol. The van der Waals surface area contributed by atoms with Crippen LogP contribution in [0, 0.1) is 5.92 Å². The van der Waals surface area contributed by atoms with Crippen molar-refractivity contribution >= 4 is 30.1 Å². The number of benzene rings is 2. The van der Waals surface area contributed by atoms with Gasteiger partial charge in [0.1, 0.15) is 12.1 Å². The molecule has 3 amide bonds. The lowest BCUT2D eigenvalue weighted by Gasteiger charge is -2.34. The van der Waals surface area contributed by atoms with Crippen LogP contribution in [0.5, 0.6) is 0 Å². The van der Waals surface area contributed by atoms with E-state index in [-0.39, 0.29) is 48.1 Å². The smallest absolute Gasteiger partial charge is 0.246 e. The Morgan fingerprint density at radius 3 is 2.02 bits per heavy atom. The number of hydrogen-bond acceptors (Lipinski definition) is 5. The van der Waals surface area contributed by atoms with Gasteiger partial charge in [-0.15, -0.1) is 12.4 Å². The van der Waals surface area contributed by atoms with Crippen LogP contribution >= 0.6 is 12.4 Å². The molecular weight excluding hydrogens is 538 g/mol. The molecule has 2 saturated heterocycles. The first kappa shape index (κ1) is 32.6. The van der Waals surface area contributed by atoms with Gasteiger partial charge in [-0.2, -0.15) is 0 Å². The fraction of sp³-hybridized carbons (Fsp3) is 0.531. The van der Waals surface area contributed by atoms with Gasteiger partial charge in [0.05, 0.1) is 12.1 Å². The van der Waals surface area contributed by atoms with E-state index >= 15 is 0 Å². The van der Waals surface area contributed by atoms with Crippen molar-refractivity contribution in [3.63, 3.8) is 0 Å². The maximum Gasteiger partial charge on any atom is 0.246 e. The Morgan fingerprint density at radius 1 is 0.927 bits per heavy atom. The van der Waals surface area contributed by atoms with Crippen LogP contribution in [0.25, 0.3) is 0 Å². The molecule has 2 heterocycles. The molecule has 224 valence electrons. The van der Waals surface area contributed by atoms with Crippen molar-refractivity contribution in [2.24, 2.45) is 11.7 Å². The number of nitrogens with zero attached hydrogens (tertiary/aromatic N) is 2. The SMILES string of the molecule is CC[C@H](N)C(=O)N[C@@H]1C(=O)N2[C@@H](CC[C@@H]1CN(CC)CC)CC[C@H]2C(=O)NC(c1ccccc1)c1ccccc1.Cl. The quantitative estimate of drug-likeness (QED) is 0.374. The molecule has 0 radical (unpaired) electrons. The van der Waals surface area contributed by atoms with Gasteiger partial charge >= 0.3 is 0 Å². The van der Waals surface area contributed by atoms with Crippen molar-refractivity contribution in [1.29, 1.82) is 0 Å². The minimum Gasteiger partial charge on any atom is -0.343 e. The van der Waals surface area contributed by atoms with E-state index in [4.69, 9.17) is 5.73 Å². The lowest BCUT2D eigenvalue weighted by atomic mass is 9.92. The molecule has 0 bridgehead atoms. The summed E-state index contributed by atoms with van der Waals surface area (Å²) in [4.78, 5) is 45.2. The van der Waals surface area contributed by atoms with Crippen LogP contribution in [0.1, 0.15) is 70.0 Å². The van der Waals surface area contributed by atoms with Gasteiger partial charge < -0.3 is 26.2 Å². The number of nitrogens with one attached hydrogen (secondary N) is 2. The van der Waals surface area contributed by atoms with E-state index in [0.29, 0.717) is 19.4 Å². The lowest BCUT2D eigenvalue weighted by molar-refractivity contribution is -0.144. The van der Waals surface area contributed by atoms with E-state index in [1.807, 2.05) is 67.6 Å². The third-order valence-corrected chi connectivity index (χ3v) is 8.68. The maximum absolute atomic E-state index is 14.3. The van der Waals surface area contributed by atoms with Crippen LogP contribution in [0.15, 0.2) is 60.7 Å². The highest BCUT2D eigenvalue weighted by Crippen LogP contribution is 2.35.